The van der Waals surface area contributed by atoms with Crippen LogP contribution in [-0.2, 0) is 15.8 Å². The molecule has 2 amide bonds. The number of carbonyl (C=O) groups excluding carboxylic acids is 2. The molecule has 1 saturated carbocycles. The molecule has 2 fully saturated rings. The van der Waals surface area contributed by atoms with Gasteiger partial charge in [0.05, 0.1) is 29.9 Å². The van der Waals surface area contributed by atoms with Crippen LogP contribution in [0.3, 0.4) is 0 Å². The number of anilines is 2. The van der Waals surface area contributed by atoms with Crippen LogP contribution in [0.25, 0.3) is 11.5 Å². The molecule has 0 spiro atoms. The van der Waals surface area contributed by atoms with Gasteiger partial charge in [-0.3, -0.25) is 14.4 Å². The Morgan fingerprint density at radius 1 is 0.975 bits per heavy atom. The van der Waals surface area contributed by atoms with Crippen LogP contribution < -0.4 is 10.2 Å². The minimum absolute atomic E-state index is 0.0564. The zero-order chi connectivity index (χ0) is 28.4. The maximum Gasteiger partial charge on any atom is 0.452 e. The molecule has 40 heavy (non-hydrogen) atoms. The van der Waals surface area contributed by atoms with Crippen molar-refractivity contribution in [2.24, 2.45) is 11.8 Å². The molecule has 2 aromatic heterocycles. The second kappa shape index (κ2) is 10.9. The third-order valence-electron chi connectivity index (χ3n) is 7.04. The Morgan fingerprint density at radius 3 is 2.25 bits per heavy atom. The number of rotatable bonds is 6. The molecule has 2 atom stereocenters. The number of carboxylic acid groups (broad SMARTS) is 1. The van der Waals surface area contributed by atoms with E-state index in [1.807, 2.05) is 4.90 Å². The van der Waals surface area contributed by atoms with Gasteiger partial charge in [-0.2, -0.15) is 13.2 Å². The Labute approximate surface area is 226 Å². The van der Waals surface area contributed by atoms with Crippen molar-refractivity contribution in [3.8, 4) is 11.5 Å². The molecule has 1 unspecified atom stereocenters. The summed E-state index contributed by atoms with van der Waals surface area (Å²) in [5.41, 5.74) is -0.573. The van der Waals surface area contributed by atoms with Crippen molar-refractivity contribution < 1.29 is 37.1 Å². The van der Waals surface area contributed by atoms with Crippen molar-refractivity contribution in [2.75, 3.05) is 36.4 Å². The third kappa shape index (κ3) is 5.60. The summed E-state index contributed by atoms with van der Waals surface area (Å²) in [6.45, 7) is 1.58. The van der Waals surface area contributed by atoms with Gasteiger partial charge in [0.2, 0.25) is 23.5 Å². The van der Waals surface area contributed by atoms with Crippen LogP contribution in [0, 0.1) is 11.8 Å². The molecule has 1 aliphatic carbocycles. The number of piperazine rings is 1. The van der Waals surface area contributed by atoms with Gasteiger partial charge in [-0.05, 0) is 25.0 Å². The molecule has 210 valence electrons. The van der Waals surface area contributed by atoms with Crippen LogP contribution in [0.1, 0.15) is 35.5 Å². The lowest BCUT2D eigenvalue weighted by Crippen LogP contribution is -2.51. The lowest BCUT2D eigenvalue weighted by atomic mass is 9.94. The summed E-state index contributed by atoms with van der Waals surface area (Å²) in [5, 5.41) is 11.7. The summed E-state index contributed by atoms with van der Waals surface area (Å²) < 4.78 is 45.6. The van der Waals surface area contributed by atoms with Crippen molar-refractivity contribution in [2.45, 2.75) is 25.4 Å². The molecule has 1 aliphatic heterocycles. The predicted molar refractivity (Wildman–Crippen MR) is 134 cm³/mol. The standard InChI is InChI=1S/C26H25F3N6O5/c27-26(28,29)20-19(33-22(40-20)15-5-2-1-3-6-15)21(36)32-16-13-30-25(31-14-16)35-11-9-34(10-12-35)23(37)17-7-4-8-18(17)24(38)39/h1-3,5-6,13-14,17-18H,4,7-12H2,(H,32,36)(H,38,39)/t17?,18-/m0/s1. The highest BCUT2D eigenvalue weighted by Crippen LogP contribution is 2.36. The first-order valence-electron chi connectivity index (χ1n) is 12.6. The number of oxazole rings is 1. The maximum atomic E-state index is 13.6. The second-order valence-corrected chi connectivity index (χ2v) is 9.58. The van der Waals surface area contributed by atoms with Gasteiger partial charge >= 0.3 is 12.1 Å². The fraction of sp³-hybridized carbons (Fsp3) is 0.385. The predicted octanol–water partition coefficient (Wildman–Crippen LogP) is 3.55. The van der Waals surface area contributed by atoms with Gasteiger partial charge in [0.15, 0.2) is 5.69 Å². The summed E-state index contributed by atoms with van der Waals surface area (Å²) in [6.07, 6.45) is -0.628. The van der Waals surface area contributed by atoms with Crippen LogP contribution in [0.4, 0.5) is 24.8 Å². The summed E-state index contributed by atoms with van der Waals surface area (Å²) >= 11 is 0. The second-order valence-electron chi connectivity index (χ2n) is 9.58. The summed E-state index contributed by atoms with van der Waals surface area (Å²) in [4.78, 5) is 52.7. The highest BCUT2D eigenvalue weighted by atomic mass is 19.4. The summed E-state index contributed by atoms with van der Waals surface area (Å²) in [5.74, 6) is -4.91. The summed E-state index contributed by atoms with van der Waals surface area (Å²) in [6, 6.07) is 7.91. The van der Waals surface area contributed by atoms with Crippen molar-refractivity contribution in [3.63, 3.8) is 0 Å². The number of halogens is 3. The van der Waals surface area contributed by atoms with E-state index in [9.17, 15) is 32.7 Å². The van der Waals surface area contributed by atoms with Crippen LogP contribution in [0.5, 0.6) is 0 Å². The molecule has 0 radical (unpaired) electrons. The molecule has 14 heteroatoms. The Bertz CT molecular complexity index is 1390. The first kappa shape index (κ1) is 27.1. The van der Waals surface area contributed by atoms with Crippen molar-refractivity contribution in [1.29, 1.82) is 0 Å². The number of amides is 2. The fourth-order valence-corrected chi connectivity index (χ4v) is 5.02. The summed E-state index contributed by atoms with van der Waals surface area (Å²) in [7, 11) is 0. The number of carboxylic acids is 1. The van der Waals surface area contributed by atoms with E-state index in [4.69, 9.17) is 4.42 Å². The van der Waals surface area contributed by atoms with Crippen LogP contribution >= 0.6 is 0 Å². The Balaban J connectivity index is 1.22. The van der Waals surface area contributed by atoms with Gasteiger partial charge in [-0.15, -0.1) is 0 Å². The van der Waals surface area contributed by atoms with E-state index in [0.29, 0.717) is 51.4 Å². The van der Waals surface area contributed by atoms with Gasteiger partial charge in [0.1, 0.15) is 0 Å². The molecule has 11 nitrogen and oxygen atoms in total. The lowest BCUT2D eigenvalue weighted by molar-refractivity contribution is -0.153. The number of aliphatic carboxylic acids is 1. The Morgan fingerprint density at radius 2 is 1.62 bits per heavy atom. The molecule has 1 saturated heterocycles. The number of nitrogens with one attached hydrogen (secondary N) is 1. The minimum atomic E-state index is -4.94. The minimum Gasteiger partial charge on any atom is -0.481 e. The number of hydrogen-bond acceptors (Lipinski definition) is 8. The molecule has 2 aliphatic rings. The maximum absolute atomic E-state index is 13.6. The first-order valence-corrected chi connectivity index (χ1v) is 12.6. The smallest absolute Gasteiger partial charge is 0.452 e. The molecular weight excluding hydrogens is 533 g/mol. The van der Waals surface area contributed by atoms with Gasteiger partial charge in [-0.25, -0.2) is 15.0 Å². The quantitative estimate of drug-likeness (QED) is 0.465. The molecule has 1 aromatic carbocycles. The molecular formula is C26H25F3N6O5. The molecule has 0 bridgehead atoms. The van der Waals surface area contributed by atoms with E-state index >= 15 is 0 Å². The zero-order valence-corrected chi connectivity index (χ0v) is 21.1. The Kier molecular flexibility index (Phi) is 7.41. The largest absolute Gasteiger partial charge is 0.481 e. The van der Waals surface area contributed by atoms with E-state index < -0.39 is 41.3 Å². The SMILES string of the molecule is O=C(Nc1cnc(N2CCN(C(=O)C3CCC[C@@H]3C(=O)O)CC2)nc1)c1nc(-c2ccccc2)oc1C(F)(F)F. The molecule has 3 aromatic rings. The topological polar surface area (TPSA) is 142 Å². The number of hydrogen-bond donors (Lipinski definition) is 2. The lowest BCUT2D eigenvalue weighted by Gasteiger charge is -2.36. The number of benzene rings is 1. The van der Waals surface area contributed by atoms with Crippen molar-refractivity contribution >= 4 is 29.4 Å². The first-order chi connectivity index (χ1) is 19.1. The van der Waals surface area contributed by atoms with Gasteiger partial charge in [0.25, 0.3) is 5.91 Å². The van der Waals surface area contributed by atoms with E-state index in [-0.39, 0.29) is 23.0 Å². The third-order valence-corrected chi connectivity index (χ3v) is 7.04. The Hall–Kier alpha value is -4.49. The van der Waals surface area contributed by atoms with Gasteiger partial charge in [-0.1, -0.05) is 24.6 Å². The fourth-order valence-electron chi connectivity index (χ4n) is 5.02. The van der Waals surface area contributed by atoms with Crippen molar-refractivity contribution in [1.82, 2.24) is 19.9 Å². The normalized spacial score (nSPS) is 19.5. The van der Waals surface area contributed by atoms with Crippen molar-refractivity contribution in [3.05, 3.63) is 54.2 Å². The molecule has 3 heterocycles. The number of nitrogens with zero attached hydrogens (tertiary/aromatic N) is 5. The monoisotopic (exact) mass is 558 g/mol. The van der Waals surface area contributed by atoms with E-state index in [1.54, 1.807) is 23.1 Å². The van der Waals surface area contributed by atoms with E-state index in [1.165, 1.54) is 24.5 Å². The van der Waals surface area contributed by atoms with Crippen LogP contribution in [0.15, 0.2) is 47.1 Å². The van der Waals surface area contributed by atoms with Crippen LogP contribution in [-0.4, -0.2) is 68.9 Å². The average molecular weight is 559 g/mol. The molecule has 2 N–H and O–H groups in total. The highest BCUT2D eigenvalue weighted by molar-refractivity contribution is 6.03. The average Bonchev–Trinajstić information content (AvgIpc) is 3.62. The van der Waals surface area contributed by atoms with Gasteiger partial charge in [0, 0.05) is 31.7 Å². The zero-order valence-electron chi connectivity index (χ0n) is 21.1. The number of alkyl halides is 3. The van der Waals surface area contributed by atoms with E-state index in [0.717, 1.165) is 0 Å². The number of aromatic nitrogens is 3. The highest BCUT2D eigenvalue weighted by Gasteiger charge is 2.42. The number of carbonyl (C=O) groups is 3. The van der Waals surface area contributed by atoms with E-state index in [2.05, 4.69) is 20.3 Å². The molecule has 5 rings (SSSR count). The van der Waals surface area contributed by atoms with Crippen LogP contribution in [0.2, 0.25) is 0 Å². The van der Waals surface area contributed by atoms with Gasteiger partial charge < -0.3 is 24.6 Å².